The molecule has 21 heavy (non-hydrogen) atoms. The molecule has 0 aliphatic carbocycles. The summed E-state index contributed by atoms with van der Waals surface area (Å²) in [6.07, 6.45) is 0. The third-order valence-corrected chi connectivity index (χ3v) is 3.86. The second kappa shape index (κ2) is 7.24. The molecule has 0 fully saturated rings. The van der Waals surface area contributed by atoms with Crippen molar-refractivity contribution in [3.8, 4) is 0 Å². The van der Waals surface area contributed by atoms with Crippen LogP contribution in [0.3, 0.4) is 0 Å². The number of urea groups is 1. The molecule has 0 aliphatic rings. The van der Waals surface area contributed by atoms with Crippen LogP contribution in [0.2, 0.25) is 5.02 Å². The van der Waals surface area contributed by atoms with Gasteiger partial charge in [0.15, 0.2) is 0 Å². The van der Waals surface area contributed by atoms with E-state index in [0.29, 0.717) is 15.2 Å². The molecule has 0 aliphatic heterocycles. The number of rotatable bonds is 3. The lowest BCUT2D eigenvalue weighted by Crippen LogP contribution is -2.35. The number of hydrogen-bond donors (Lipinski definition) is 3. The Morgan fingerprint density at radius 1 is 1.19 bits per heavy atom. The average molecular weight is 376 g/mol. The first kappa shape index (κ1) is 17.2. The third kappa shape index (κ3) is 4.87. The number of benzene rings is 1. The van der Waals surface area contributed by atoms with Crippen molar-refractivity contribution in [1.82, 2.24) is 5.32 Å². The zero-order valence-electron chi connectivity index (χ0n) is 11.2. The Morgan fingerprint density at radius 2 is 1.81 bits per heavy atom. The maximum Gasteiger partial charge on any atom is 0.331 e. The molecule has 1 aromatic rings. The van der Waals surface area contributed by atoms with Crippen molar-refractivity contribution in [2.24, 2.45) is 0 Å². The predicted molar refractivity (Wildman–Crippen MR) is 82.3 cm³/mol. The molecule has 0 saturated carbocycles. The molecule has 1 rings (SSSR count). The number of aliphatic carboxylic acids is 1. The zero-order chi connectivity index (χ0) is 16.2. The van der Waals surface area contributed by atoms with E-state index in [9.17, 15) is 14.4 Å². The van der Waals surface area contributed by atoms with E-state index >= 15 is 0 Å². The first-order valence-electron chi connectivity index (χ1n) is 5.70. The summed E-state index contributed by atoms with van der Waals surface area (Å²) in [6, 6.07) is 3.95. The van der Waals surface area contributed by atoms with E-state index in [-0.39, 0.29) is 11.1 Å². The molecule has 6 nitrogen and oxygen atoms in total. The smallest absolute Gasteiger partial charge is 0.331 e. The topological polar surface area (TPSA) is 95.5 Å². The summed E-state index contributed by atoms with van der Waals surface area (Å²) in [6.45, 7) is 2.60. The molecule has 0 saturated heterocycles. The van der Waals surface area contributed by atoms with Crippen LogP contribution in [0.25, 0.3) is 0 Å². The molecular weight excluding hydrogens is 364 g/mol. The van der Waals surface area contributed by atoms with Crippen molar-refractivity contribution in [1.29, 1.82) is 0 Å². The van der Waals surface area contributed by atoms with Gasteiger partial charge >= 0.3 is 12.0 Å². The molecule has 0 atom stereocenters. The van der Waals surface area contributed by atoms with Gasteiger partial charge in [-0.05, 0) is 48.0 Å². The van der Waals surface area contributed by atoms with Gasteiger partial charge in [0.2, 0.25) is 0 Å². The van der Waals surface area contributed by atoms with Crippen LogP contribution in [0.4, 0.5) is 10.5 Å². The van der Waals surface area contributed by atoms with Gasteiger partial charge in [0.25, 0.3) is 5.91 Å². The Balaban J connectivity index is 2.74. The first-order chi connectivity index (χ1) is 9.72. The Hall–Kier alpha value is -1.86. The van der Waals surface area contributed by atoms with Gasteiger partial charge in [0.05, 0.1) is 5.02 Å². The molecule has 0 heterocycles. The summed E-state index contributed by atoms with van der Waals surface area (Å²) in [4.78, 5) is 34.1. The SMILES string of the molecule is C/C(C(=O)O)=C(/C)C(=O)NC(=O)Nc1ccc(Br)c(Cl)c1. The van der Waals surface area contributed by atoms with Gasteiger partial charge in [-0.25, -0.2) is 9.59 Å². The monoisotopic (exact) mass is 374 g/mol. The highest BCUT2D eigenvalue weighted by molar-refractivity contribution is 9.10. The fourth-order valence-electron chi connectivity index (χ4n) is 1.26. The van der Waals surface area contributed by atoms with Gasteiger partial charge in [-0.1, -0.05) is 11.6 Å². The summed E-state index contributed by atoms with van der Waals surface area (Å²) in [5.41, 5.74) is 0.212. The first-order valence-corrected chi connectivity index (χ1v) is 6.87. The van der Waals surface area contributed by atoms with Crippen LogP contribution in [0.5, 0.6) is 0 Å². The third-order valence-electron chi connectivity index (χ3n) is 2.63. The van der Waals surface area contributed by atoms with Crippen molar-refractivity contribution >= 4 is 51.1 Å². The molecule has 8 heteroatoms. The maximum absolute atomic E-state index is 11.7. The van der Waals surface area contributed by atoms with Gasteiger partial charge in [-0.2, -0.15) is 0 Å². The minimum atomic E-state index is -1.22. The van der Waals surface area contributed by atoms with E-state index in [1.807, 2.05) is 5.32 Å². The number of carboxylic acids is 1. The molecule has 0 aromatic heterocycles. The van der Waals surface area contributed by atoms with Gasteiger partial charge in [0.1, 0.15) is 0 Å². The molecule has 3 N–H and O–H groups in total. The molecule has 0 bridgehead atoms. The van der Waals surface area contributed by atoms with Crippen LogP contribution in [0, 0.1) is 0 Å². The van der Waals surface area contributed by atoms with E-state index in [1.165, 1.54) is 19.9 Å². The van der Waals surface area contributed by atoms with Crippen LogP contribution in [0.1, 0.15) is 13.8 Å². The van der Waals surface area contributed by atoms with E-state index in [1.54, 1.807) is 12.1 Å². The predicted octanol–water partition coefficient (Wildman–Crippen LogP) is 3.17. The summed E-state index contributed by atoms with van der Waals surface area (Å²) in [7, 11) is 0. The van der Waals surface area contributed by atoms with Crippen molar-refractivity contribution in [3.63, 3.8) is 0 Å². The number of nitrogens with one attached hydrogen (secondary N) is 2. The molecule has 112 valence electrons. The van der Waals surface area contributed by atoms with Crippen LogP contribution in [-0.2, 0) is 9.59 Å². The molecule has 1 aromatic carbocycles. The van der Waals surface area contributed by atoms with E-state index in [4.69, 9.17) is 16.7 Å². The lowest BCUT2D eigenvalue weighted by molar-refractivity contribution is -0.133. The fraction of sp³-hybridized carbons (Fsp3) is 0.154. The van der Waals surface area contributed by atoms with Crippen molar-refractivity contribution < 1.29 is 19.5 Å². The Bertz CT molecular complexity index is 643. The Kier molecular flexibility index (Phi) is 5.92. The summed E-state index contributed by atoms with van der Waals surface area (Å²) in [5, 5.41) is 13.6. The van der Waals surface area contributed by atoms with Crippen LogP contribution in [-0.4, -0.2) is 23.0 Å². The minimum Gasteiger partial charge on any atom is -0.478 e. The Morgan fingerprint density at radius 3 is 2.33 bits per heavy atom. The van der Waals surface area contributed by atoms with Gasteiger partial charge in [-0.3, -0.25) is 10.1 Å². The fourth-order valence-corrected chi connectivity index (χ4v) is 1.69. The molecule has 0 radical (unpaired) electrons. The van der Waals surface area contributed by atoms with E-state index in [0.717, 1.165) is 0 Å². The molecular formula is C13H12BrClN2O4. The van der Waals surface area contributed by atoms with Crippen molar-refractivity contribution in [3.05, 3.63) is 38.8 Å². The number of anilines is 1. The maximum atomic E-state index is 11.7. The van der Waals surface area contributed by atoms with E-state index < -0.39 is 17.9 Å². The van der Waals surface area contributed by atoms with Crippen molar-refractivity contribution in [2.75, 3.05) is 5.32 Å². The minimum absolute atomic E-state index is 0.0495. The van der Waals surface area contributed by atoms with Gasteiger partial charge in [-0.15, -0.1) is 0 Å². The normalized spacial score (nSPS) is 11.4. The lowest BCUT2D eigenvalue weighted by Gasteiger charge is -2.08. The number of hydrogen-bond acceptors (Lipinski definition) is 3. The van der Waals surface area contributed by atoms with Crippen LogP contribution >= 0.6 is 27.5 Å². The summed E-state index contributed by atoms with van der Waals surface area (Å²) in [5.74, 6) is -2.00. The second-order valence-electron chi connectivity index (χ2n) is 4.09. The van der Waals surface area contributed by atoms with Crippen molar-refractivity contribution in [2.45, 2.75) is 13.8 Å². The summed E-state index contributed by atoms with van der Waals surface area (Å²) < 4.78 is 0.669. The highest BCUT2D eigenvalue weighted by Gasteiger charge is 2.15. The van der Waals surface area contributed by atoms with Crippen LogP contribution < -0.4 is 10.6 Å². The lowest BCUT2D eigenvalue weighted by atomic mass is 10.1. The number of amides is 3. The second-order valence-corrected chi connectivity index (χ2v) is 5.35. The molecule has 0 unspecified atom stereocenters. The summed E-state index contributed by atoms with van der Waals surface area (Å²) >= 11 is 9.08. The van der Waals surface area contributed by atoms with Gasteiger partial charge in [0, 0.05) is 21.3 Å². The highest BCUT2D eigenvalue weighted by atomic mass is 79.9. The standard InChI is InChI=1S/C13H12BrClN2O4/c1-6(7(2)12(19)20)11(18)17-13(21)16-8-3-4-9(14)10(15)5-8/h3-5H,1-2H3,(H,19,20)(H2,16,17,18,21)/b7-6+. The van der Waals surface area contributed by atoms with Gasteiger partial charge < -0.3 is 10.4 Å². The largest absolute Gasteiger partial charge is 0.478 e. The number of carbonyl (C=O) groups excluding carboxylic acids is 2. The highest BCUT2D eigenvalue weighted by Crippen LogP contribution is 2.25. The zero-order valence-corrected chi connectivity index (χ0v) is 13.5. The number of halogens is 2. The average Bonchev–Trinajstić information content (AvgIpc) is 2.40. The van der Waals surface area contributed by atoms with E-state index in [2.05, 4.69) is 21.2 Å². The number of carboxylic acid groups (broad SMARTS) is 1. The van der Waals surface area contributed by atoms with Crippen LogP contribution in [0.15, 0.2) is 33.8 Å². The number of carbonyl (C=O) groups is 3. The molecule has 3 amide bonds. The Labute approximate surface area is 134 Å². The number of imide groups is 1. The molecule has 0 spiro atoms. The quantitative estimate of drug-likeness (QED) is 0.707.